The molecule has 1 aliphatic heterocycles. The van der Waals surface area contributed by atoms with Crippen molar-refractivity contribution in [3.8, 4) is 0 Å². The highest BCUT2D eigenvalue weighted by Gasteiger charge is 2.30. The normalized spacial score (nSPS) is 16.2. The predicted octanol–water partition coefficient (Wildman–Crippen LogP) is 0.0501. The van der Waals surface area contributed by atoms with E-state index in [1.165, 1.54) is 0 Å². The van der Waals surface area contributed by atoms with Gasteiger partial charge in [-0.2, -0.15) is 0 Å². The van der Waals surface area contributed by atoms with Crippen molar-refractivity contribution in [3.63, 3.8) is 0 Å². The monoisotopic (exact) mass is 219 g/mol. The Hall–Kier alpha value is -2.24. The van der Waals surface area contributed by atoms with Crippen LogP contribution in [0.15, 0.2) is 24.5 Å². The van der Waals surface area contributed by atoms with E-state index in [0.29, 0.717) is 0 Å². The fraction of sp³-hybridized carbons (Fsp3) is 0.200. The Labute approximate surface area is 91.3 Å². The first kappa shape index (κ1) is 10.3. The van der Waals surface area contributed by atoms with E-state index in [-0.39, 0.29) is 13.0 Å². The summed E-state index contributed by atoms with van der Waals surface area (Å²) < 4.78 is 0. The molecule has 4 amide bonds. The van der Waals surface area contributed by atoms with E-state index >= 15 is 0 Å². The average Bonchev–Trinajstić information content (AvgIpc) is 2.25. The van der Waals surface area contributed by atoms with Crippen LogP contribution in [-0.2, 0) is 16.1 Å². The van der Waals surface area contributed by atoms with E-state index in [1.807, 2.05) is 0 Å². The molecule has 0 aromatic carbocycles. The zero-order chi connectivity index (χ0) is 11.5. The van der Waals surface area contributed by atoms with Gasteiger partial charge in [-0.15, -0.1) is 0 Å². The second kappa shape index (κ2) is 4.09. The molecular weight excluding hydrogens is 210 g/mol. The Morgan fingerprint density at radius 3 is 2.81 bits per heavy atom. The number of hydrogen-bond acceptors (Lipinski definition) is 4. The summed E-state index contributed by atoms with van der Waals surface area (Å²) in [5, 5.41) is 2.09. The van der Waals surface area contributed by atoms with Crippen molar-refractivity contribution in [2.75, 3.05) is 0 Å². The van der Waals surface area contributed by atoms with Gasteiger partial charge in [0.25, 0.3) is 0 Å². The van der Waals surface area contributed by atoms with Gasteiger partial charge >= 0.3 is 6.03 Å². The molecule has 0 saturated carbocycles. The first-order valence-corrected chi connectivity index (χ1v) is 4.70. The second-order valence-corrected chi connectivity index (χ2v) is 3.37. The molecule has 6 heteroatoms. The second-order valence-electron chi connectivity index (χ2n) is 3.37. The van der Waals surface area contributed by atoms with Gasteiger partial charge in [0.2, 0.25) is 11.8 Å². The third kappa shape index (κ3) is 2.05. The summed E-state index contributed by atoms with van der Waals surface area (Å²) in [6.07, 6.45) is 2.88. The van der Waals surface area contributed by atoms with Crippen LogP contribution in [0.3, 0.4) is 0 Å². The lowest BCUT2D eigenvalue weighted by molar-refractivity contribution is -0.136. The molecule has 16 heavy (non-hydrogen) atoms. The molecule has 2 rings (SSSR count). The molecule has 0 unspecified atom stereocenters. The number of carbonyl (C=O) groups excluding carboxylic acids is 3. The highest BCUT2D eigenvalue weighted by atomic mass is 16.2. The van der Waals surface area contributed by atoms with Crippen LogP contribution < -0.4 is 5.32 Å². The molecule has 82 valence electrons. The smallest absolute Gasteiger partial charge is 0.277 e. The van der Waals surface area contributed by atoms with Crippen LogP contribution in [0.25, 0.3) is 0 Å². The fourth-order valence-electron chi connectivity index (χ4n) is 1.41. The van der Waals surface area contributed by atoms with E-state index in [2.05, 4.69) is 10.3 Å². The summed E-state index contributed by atoms with van der Waals surface area (Å²) in [5.74, 6) is -1.05. The van der Waals surface area contributed by atoms with Crippen molar-refractivity contribution in [3.05, 3.63) is 30.1 Å². The Balaban J connectivity index is 2.13. The highest BCUT2D eigenvalue weighted by Crippen LogP contribution is 2.08. The fourth-order valence-corrected chi connectivity index (χ4v) is 1.41. The minimum Gasteiger partial charge on any atom is -0.277 e. The Morgan fingerprint density at radius 2 is 2.19 bits per heavy atom. The first-order valence-electron chi connectivity index (χ1n) is 4.70. The van der Waals surface area contributed by atoms with Crippen LogP contribution in [0, 0.1) is 0 Å². The van der Waals surface area contributed by atoms with Gasteiger partial charge in [0.05, 0.1) is 6.54 Å². The topological polar surface area (TPSA) is 79.4 Å². The number of carbonyl (C=O) groups is 3. The molecule has 0 aliphatic carbocycles. The van der Waals surface area contributed by atoms with Crippen molar-refractivity contribution >= 4 is 17.8 Å². The van der Waals surface area contributed by atoms with Crippen molar-refractivity contribution in [2.45, 2.75) is 13.0 Å². The molecule has 0 radical (unpaired) electrons. The standard InChI is InChI=1S/C10H9N3O3/c14-8-4-9(15)13(10(16)12-8)6-7-2-1-3-11-5-7/h1-3,5H,4,6H2,(H,12,14,16). The van der Waals surface area contributed by atoms with Gasteiger partial charge in [-0.1, -0.05) is 6.07 Å². The number of amides is 4. The molecule has 1 N–H and O–H groups in total. The third-order valence-electron chi connectivity index (χ3n) is 2.17. The van der Waals surface area contributed by atoms with Gasteiger partial charge < -0.3 is 0 Å². The lowest BCUT2D eigenvalue weighted by Crippen LogP contribution is -2.52. The molecule has 6 nitrogen and oxygen atoms in total. The van der Waals surface area contributed by atoms with Gasteiger partial charge in [-0.25, -0.2) is 4.79 Å². The largest absolute Gasteiger partial charge is 0.331 e. The maximum Gasteiger partial charge on any atom is 0.331 e. The van der Waals surface area contributed by atoms with Crippen LogP contribution >= 0.6 is 0 Å². The number of imide groups is 2. The summed E-state index contributed by atoms with van der Waals surface area (Å²) >= 11 is 0. The molecule has 1 fully saturated rings. The number of pyridine rings is 1. The van der Waals surface area contributed by atoms with Gasteiger partial charge in [-0.05, 0) is 11.6 Å². The Kier molecular flexibility index (Phi) is 2.63. The molecule has 1 aromatic heterocycles. The molecule has 1 aliphatic rings. The van der Waals surface area contributed by atoms with E-state index < -0.39 is 17.8 Å². The minimum atomic E-state index is -0.676. The molecular formula is C10H9N3O3. The Bertz CT molecular complexity index is 424. The molecule has 0 spiro atoms. The third-order valence-corrected chi connectivity index (χ3v) is 2.17. The highest BCUT2D eigenvalue weighted by molar-refractivity contribution is 6.13. The van der Waals surface area contributed by atoms with Crippen molar-refractivity contribution < 1.29 is 14.4 Å². The van der Waals surface area contributed by atoms with Crippen molar-refractivity contribution in [2.24, 2.45) is 0 Å². The van der Waals surface area contributed by atoms with Crippen molar-refractivity contribution in [1.82, 2.24) is 15.2 Å². The first-order chi connectivity index (χ1) is 7.66. The van der Waals surface area contributed by atoms with Crippen LogP contribution in [0.1, 0.15) is 12.0 Å². The van der Waals surface area contributed by atoms with Crippen LogP contribution in [0.2, 0.25) is 0 Å². The van der Waals surface area contributed by atoms with Gasteiger partial charge in [0.15, 0.2) is 0 Å². The quantitative estimate of drug-likeness (QED) is 0.713. The van der Waals surface area contributed by atoms with Gasteiger partial charge in [0.1, 0.15) is 6.42 Å². The maximum absolute atomic E-state index is 11.4. The number of aromatic nitrogens is 1. The Morgan fingerprint density at radius 1 is 1.38 bits per heavy atom. The van der Waals surface area contributed by atoms with Crippen LogP contribution in [-0.4, -0.2) is 27.7 Å². The van der Waals surface area contributed by atoms with E-state index in [9.17, 15) is 14.4 Å². The van der Waals surface area contributed by atoms with Crippen LogP contribution in [0.4, 0.5) is 4.79 Å². The molecule has 1 aromatic rings. The summed E-state index contributed by atoms with van der Waals surface area (Å²) in [6, 6.07) is 2.79. The van der Waals surface area contributed by atoms with Gasteiger partial charge in [0, 0.05) is 12.4 Å². The lowest BCUT2D eigenvalue weighted by Gasteiger charge is -2.24. The van der Waals surface area contributed by atoms with E-state index in [0.717, 1.165) is 10.5 Å². The number of rotatable bonds is 2. The number of nitrogens with one attached hydrogen (secondary N) is 1. The van der Waals surface area contributed by atoms with Crippen molar-refractivity contribution in [1.29, 1.82) is 0 Å². The zero-order valence-electron chi connectivity index (χ0n) is 8.34. The summed E-state index contributed by atoms with van der Waals surface area (Å²) in [6.45, 7) is 0.131. The van der Waals surface area contributed by atoms with E-state index in [4.69, 9.17) is 0 Å². The minimum absolute atomic E-state index is 0.131. The lowest BCUT2D eigenvalue weighted by atomic mass is 10.2. The molecule has 0 bridgehead atoms. The number of nitrogens with zero attached hydrogens (tertiary/aromatic N) is 2. The zero-order valence-corrected chi connectivity index (χ0v) is 8.34. The van der Waals surface area contributed by atoms with Crippen LogP contribution in [0.5, 0.6) is 0 Å². The number of barbiturate groups is 1. The molecule has 0 atom stereocenters. The molecule has 2 heterocycles. The van der Waals surface area contributed by atoms with Gasteiger partial charge in [-0.3, -0.25) is 24.8 Å². The van der Waals surface area contributed by atoms with E-state index in [1.54, 1.807) is 24.5 Å². The maximum atomic E-state index is 11.4. The summed E-state index contributed by atoms with van der Waals surface area (Å²) in [7, 11) is 0. The number of hydrogen-bond donors (Lipinski definition) is 1. The molecule has 1 saturated heterocycles. The summed E-state index contributed by atoms with van der Waals surface area (Å²) in [4.78, 5) is 38.6. The predicted molar refractivity (Wildman–Crippen MR) is 52.9 cm³/mol. The summed E-state index contributed by atoms with van der Waals surface area (Å²) in [5.41, 5.74) is 0.736. The average molecular weight is 219 g/mol. The SMILES string of the molecule is O=C1CC(=O)N(Cc2cccnc2)C(=O)N1. The number of urea groups is 1.